The molecule has 1 aliphatic rings. The van der Waals surface area contributed by atoms with Crippen molar-refractivity contribution in [3.05, 3.63) is 93.5 Å². The van der Waals surface area contributed by atoms with Crippen LogP contribution in [0.4, 0.5) is 4.79 Å². The van der Waals surface area contributed by atoms with Gasteiger partial charge in [0.05, 0.1) is 25.8 Å². The highest BCUT2D eigenvalue weighted by Crippen LogP contribution is 2.30. The average Bonchev–Trinajstić information content (AvgIpc) is 2.96. The first kappa shape index (κ1) is 29.2. The van der Waals surface area contributed by atoms with Crippen molar-refractivity contribution in [2.45, 2.75) is 26.5 Å². The van der Waals surface area contributed by atoms with Crippen LogP contribution in [-0.2, 0) is 22.7 Å². The number of carbonyl (C=O) groups excluding carboxylic acids is 3. The standard InChI is InChI=1S/C30H27ClN2O8/c1-3-12-40-25-10-6-19(13-26(25)39-2)16-33-28(35)23(27(34)32-30(33)38)15-21-14-22(31)9-11-24(21)41-17-18-4-7-20(8-5-18)29(36)37/h4-11,13-15H,3,12,16-17H2,1-2H3,(H,36,37)(H,32,34,38)/b23-15+. The van der Waals surface area contributed by atoms with Crippen LogP contribution in [-0.4, -0.2) is 47.5 Å². The van der Waals surface area contributed by atoms with Crippen LogP contribution in [0.5, 0.6) is 17.2 Å². The van der Waals surface area contributed by atoms with Gasteiger partial charge in [-0.15, -0.1) is 0 Å². The Morgan fingerprint density at radius 2 is 1.66 bits per heavy atom. The maximum absolute atomic E-state index is 13.4. The van der Waals surface area contributed by atoms with Crippen molar-refractivity contribution in [3.8, 4) is 17.2 Å². The summed E-state index contributed by atoms with van der Waals surface area (Å²) in [5.41, 5.74) is 1.49. The Balaban J connectivity index is 1.57. The molecule has 4 amide bonds. The molecule has 3 aromatic rings. The molecule has 3 aromatic carbocycles. The Bertz CT molecular complexity index is 1520. The van der Waals surface area contributed by atoms with Gasteiger partial charge in [-0.05, 0) is 66.1 Å². The number of carbonyl (C=O) groups is 4. The van der Waals surface area contributed by atoms with E-state index in [0.717, 1.165) is 11.3 Å². The Morgan fingerprint density at radius 1 is 0.951 bits per heavy atom. The first-order valence-corrected chi connectivity index (χ1v) is 13.0. The highest BCUT2D eigenvalue weighted by Gasteiger charge is 2.36. The van der Waals surface area contributed by atoms with Crippen molar-refractivity contribution in [1.82, 2.24) is 10.2 Å². The van der Waals surface area contributed by atoms with E-state index in [1.54, 1.807) is 42.5 Å². The van der Waals surface area contributed by atoms with Crippen LogP contribution in [0.3, 0.4) is 0 Å². The fraction of sp³-hybridized carbons (Fsp3) is 0.200. The Hall–Kier alpha value is -4.83. The fourth-order valence-corrected chi connectivity index (χ4v) is 4.17. The van der Waals surface area contributed by atoms with Gasteiger partial charge >= 0.3 is 12.0 Å². The highest BCUT2D eigenvalue weighted by atomic mass is 35.5. The zero-order valence-electron chi connectivity index (χ0n) is 22.3. The molecular weight excluding hydrogens is 552 g/mol. The Kier molecular flexibility index (Phi) is 9.26. The van der Waals surface area contributed by atoms with Gasteiger partial charge in [-0.1, -0.05) is 36.7 Å². The number of amides is 4. The predicted molar refractivity (Wildman–Crippen MR) is 150 cm³/mol. The second-order valence-corrected chi connectivity index (χ2v) is 9.45. The first-order valence-electron chi connectivity index (χ1n) is 12.6. The number of rotatable bonds is 11. The number of methoxy groups -OCH3 is 1. The van der Waals surface area contributed by atoms with E-state index in [0.29, 0.717) is 45.6 Å². The van der Waals surface area contributed by atoms with Gasteiger partial charge in [-0.2, -0.15) is 0 Å². The number of urea groups is 1. The maximum Gasteiger partial charge on any atom is 0.335 e. The van der Waals surface area contributed by atoms with Crippen LogP contribution >= 0.6 is 11.6 Å². The Labute approximate surface area is 241 Å². The number of carboxylic acid groups (broad SMARTS) is 1. The van der Waals surface area contributed by atoms with E-state index in [1.165, 1.54) is 31.4 Å². The monoisotopic (exact) mass is 578 g/mol. The number of nitrogens with one attached hydrogen (secondary N) is 1. The number of imide groups is 2. The van der Waals surface area contributed by atoms with Gasteiger partial charge in [-0.25, -0.2) is 9.59 Å². The third-order valence-electron chi connectivity index (χ3n) is 6.08. The minimum Gasteiger partial charge on any atom is -0.493 e. The third kappa shape index (κ3) is 7.03. The maximum atomic E-state index is 13.4. The molecule has 0 bridgehead atoms. The highest BCUT2D eigenvalue weighted by molar-refractivity contribution is 6.32. The molecule has 0 spiro atoms. The van der Waals surface area contributed by atoms with Crippen LogP contribution in [0.2, 0.25) is 5.02 Å². The second kappa shape index (κ2) is 13.0. The number of ether oxygens (including phenoxy) is 3. The molecule has 2 N–H and O–H groups in total. The summed E-state index contributed by atoms with van der Waals surface area (Å²) >= 11 is 6.19. The van der Waals surface area contributed by atoms with E-state index in [4.69, 9.17) is 30.9 Å². The van der Waals surface area contributed by atoms with Crippen molar-refractivity contribution in [1.29, 1.82) is 0 Å². The molecule has 11 heteroatoms. The predicted octanol–water partition coefficient (Wildman–Crippen LogP) is 5.08. The molecular formula is C30H27ClN2O8. The summed E-state index contributed by atoms with van der Waals surface area (Å²) in [4.78, 5) is 50.7. The molecule has 1 heterocycles. The number of halogens is 1. The summed E-state index contributed by atoms with van der Waals surface area (Å²) in [7, 11) is 1.49. The van der Waals surface area contributed by atoms with Crippen LogP contribution in [0.1, 0.15) is 40.4 Å². The van der Waals surface area contributed by atoms with Gasteiger partial charge in [0.2, 0.25) is 0 Å². The second-order valence-electron chi connectivity index (χ2n) is 9.02. The van der Waals surface area contributed by atoms with Crippen molar-refractivity contribution >= 4 is 41.5 Å². The lowest BCUT2D eigenvalue weighted by Gasteiger charge is -2.26. The number of carboxylic acids is 1. The van der Waals surface area contributed by atoms with Crippen molar-refractivity contribution in [2.24, 2.45) is 0 Å². The molecule has 4 rings (SSSR count). The Morgan fingerprint density at radius 3 is 2.34 bits per heavy atom. The van der Waals surface area contributed by atoms with E-state index >= 15 is 0 Å². The molecule has 1 saturated heterocycles. The van der Waals surface area contributed by atoms with E-state index in [1.807, 2.05) is 6.92 Å². The minimum atomic E-state index is -1.04. The van der Waals surface area contributed by atoms with E-state index in [-0.39, 0.29) is 24.3 Å². The number of barbiturate groups is 1. The summed E-state index contributed by atoms with van der Waals surface area (Å²) in [6.07, 6.45) is 2.13. The molecule has 0 aromatic heterocycles. The summed E-state index contributed by atoms with van der Waals surface area (Å²) < 4.78 is 17.0. The molecule has 1 fully saturated rings. The quantitative estimate of drug-likeness (QED) is 0.238. The van der Waals surface area contributed by atoms with Crippen LogP contribution in [0, 0.1) is 0 Å². The lowest BCUT2D eigenvalue weighted by Crippen LogP contribution is -2.53. The van der Waals surface area contributed by atoms with Gasteiger partial charge in [-0.3, -0.25) is 19.8 Å². The zero-order chi connectivity index (χ0) is 29.5. The molecule has 0 unspecified atom stereocenters. The normalized spacial score (nSPS) is 14.2. The minimum absolute atomic E-state index is 0.0856. The van der Waals surface area contributed by atoms with Gasteiger partial charge in [0.25, 0.3) is 11.8 Å². The van der Waals surface area contributed by atoms with Gasteiger partial charge in [0.15, 0.2) is 11.5 Å². The SMILES string of the molecule is CCCOc1ccc(CN2C(=O)NC(=O)/C(=C\c3cc(Cl)ccc3OCc3ccc(C(=O)O)cc3)C2=O)cc1OC. The number of hydrogen-bond donors (Lipinski definition) is 2. The first-order chi connectivity index (χ1) is 19.7. The van der Waals surface area contributed by atoms with Gasteiger partial charge in [0.1, 0.15) is 17.9 Å². The zero-order valence-corrected chi connectivity index (χ0v) is 23.1. The number of benzene rings is 3. The molecule has 0 radical (unpaired) electrons. The number of nitrogens with zero attached hydrogens (tertiary/aromatic N) is 1. The molecule has 0 saturated carbocycles. The lowest BCUT2D eigenvalue weighted by atomic mass is 10.1. The fourth-order valence-electron chi connectivity index (χ4n) is 3.99. The van der Waals surface area contributed by atoms with Crippen molar-refractivity contribution in [2.75, 3.05) is 13.7 Å². The van der Waals surface area contributed by atoms with E-state index < -0.39 is 23.8 Å². The van der Waals surface area contributed by atoms with E-state index in [2.05, 4.69) is 5.32 Å². The topological polar surface area (TPSA) is 131 Å². The molecule has 10 nitrogen and oxygen atoms in total. The summed E-state index contributed by atoms with van der Waals surface area (Å²) in [5, 5.41) is 11.6. The largest absolute Gasteiger partial charge is 0.493 e. The van der Waals surface area contributed by atoms with Crippen molar-refractivity contribution in [3.63, 3.8) is 0 Å². The van der Waals surface area contributed by atoms with Crippen LogP contribution in [0.15, 0.2) is 66.2 Å². The molecule has 0 atom stereocenters. The van der Waals surface area contributed by atoms with Crippen LogP contribution in [0.25, 0.3) is 6.08 Å². The number of aromatic carboxylic acids is 1. The van der Waals surface area contributed by atoms with E-state index in [9.17, 15) is 19.2 Å². The third-order valence-corrected chi connectivity index (χ3v) is 6.32. The van der Waals surface area contributed by atoms with Crippen LogP contribution < -0.4 is 19.5 Å². The molecule has 212 valence electrons. The smallest absolute Gasteiger partial charge is 0.335 e. The summed E-state index contributed by atoms with van der Waals surface area (Å²) in [6, 6.07) is 15.1. The summed E-state index contributed by atoms with van der Waals surface area (Å²) in [5.74, 6) is -1.38. The van der Waals surface area contributed by atoms with Crippen molar-refractivity contribution < 1.29 is 38.5 Å². The van der Waals surface area contributed by atoms with Gasteiger partial charge < -0.3 is 19.3 Å². The van der Waals surface area contributed by atoms with Gasteiger partial charge in [0, 0.05) is 10.6 Å². The average molecular weight is 579 g/mol. The molecule has 41 heavy (non-hydrogen) atoms. The number of hydrogen-bond acceptors (Lipinski definition) is 7. The molecule has 1 aliphatic heterocycles. The molecule has 0 aliphatic carbocycles. The summed E-state index contributed by atoms with van der Waals surface area (Å²) in [6.45, 7) is 2.45. The lowest BCUT2D eigenvalue weighted by molar-refractivity contribution is -0.130.